The Hall–Kier alpha value is -2.36. The fourth-order valence-corrected chi connectivity index (χ4v) is 5.27. The van der Waals surface area contributed by atoms with Crippen LogP contribution in [-0.2, 0) is 9.59 Å². The van der Waals surface area contributed by atoms with Gasteiger partial charge in [0.15, 0.2) is 0 Å². The van der Waals surface area contributed by atoms with Crippen molar-refractivity contribution in [2.24, 2.45) is 35.5 Å². The van der Waals surface area contributed by atoms with Gasteiger partial charge >= 0.3 is 0 Å². The zero-order valence-electron chi connectivity index (χ0n) is 14.7. The largest absolute Gasteiger partial charge is 0.326 e. The molecule has 0 saturated heterocycles. The first-order chi connectivity index (χ1) is 12.7. The second kappa shape index (κ2) is 6.11. The van der Waals surface area contributed by atoms with Crippen LogP contribution in [0.2, 0.25) is 0 Å². The van der Waals surface area contributed by atoms with E-state index in [0.29, 0.717) is 23.7 Å². The minimum Gasteiger partial charge on any atom is -0.326 e. The third-order valence-corrected chi connectivity index (χ3v) is 6.65. The number of allylic oxidation sites excluding steroid dienone is 4. The van der Waals surface area contributed by atoms with Crippen LogP contribution in [-0.4, -0.2) is 11.8 Å². The van der Waals surface area contributed by atoms with Crippen molar-refractivity contribution in [2.75, 3.05) is 10.6 Å². The summed E-state index contributed by atoms with van der Waals surface area (Å²) < 4.78 is 0. The van der Waals surface area contributed by atoms with E-state index in [1.165, 1.54) is 0 Å². The predicted molar refractivity (Wildman–Crippen MR) is 101 cm³/mol. The lowest BCUT2D eigenvalue weighted by molar-refractivity contribution is -0.121. The van der Waals surface area contributed by atoms with Crippen LogP contribution >= 0.6 is 0 Å². The average Bonchev–Trinajstić information content (AvgIpc) is 3.43. The molecule has 5 rings (SSSR count). The molecule has 4 heteroatoms. The van der Waals surface area contributed by atoms with Gasteiger partial charge in [-0.3, -0.25) is 9.59 Å². The van der Waals surface area contributed by atoms with Crippen molar-refractivity contribution >= 4 is 23.2 Å². The fourth-order valence-electron chi connectivity index (χ4n) is 5.27. The lowest BCUT2D eigenvalue weighted by Crippen LogP contribution is -2.26. The van der Waals surface area contributed by atoms with Crippen molar-refractivity contribution in [2.45, 2.75) is 25.7 Å². The van der Waals surface area contributed by atoms with Gasteiger partial charge in [-0.2, -0.15) is 0 Å². The second-order valence-electron chi connectivity index (χ2n) is 8.33. The molecule has 1 aromatic carbocycles. The Labute approximate surface area is 153 Å². The molecule has 2 fully saturated rings. The Bertz CT molecular complexity index is 728. The highest BCUT2D eigenvalue weighted by atomic mass is 16.2. The molecule has 6 atom stereocenters. The quantitative estimate of drug-likeness (QED) is 0.809. The summed E-state index contributed by atoms with van der Waals surface area (Å²) in [4.78, 5) is 25.0. The molecular weight excluding hydrogens is 324 g/mol. The van der Waals surface area contributed by atoms with Crippen molar-refractivity contribution in [3.8, 4) is 0 Å². The van der Waals surface area contributed by atoms with Crippen LogP contribution in [0.4, 0.5) is 11.4 Å². The zero-order valence-corrected chi connectivity index (χ0v) is 14.7. The van der Waals surface area contributed by atoms with Crippen LogP contribution in [0.3, 0.4) is 0 Å². The van der Waals surface area contributed by atoms with Crippen molar-refractivity contribution in [1.82, 2.24) is 0 Å². The summed E-state index contributed by atoms with van der Waals surface area (Å²) in [7, 11) is 0. The number of fused-ring (bicyclic) bond motifs is 4. The van der Waals surface area contributed by atoms with Crippen molar-refractivity contribution in [3.05, 3.63) is 48.6 Å². The van der Waals surface area contributed by atoms with E-state index in [0.717, 1.165) is 37.1 Å². The van der Waals surface area contributed by atoms with Gasteiger partial charge < -0.3 is 10.6 Å². The molecule has 2 amide bonds. The molecule has 0 heterocycles. The van der Waals surface area contributed by atoms with Gasteiger partial charge in [0.2, 0.25) is 11.8 Å². The molecule has 2 N–H and O–H groups in total. The van der Waals surface area contributed by atoms with Crippen LogP contribution in [0, 0.1) is 35.5 Å². The molecule has 26 heavy (non-hydrogen) atoms. The third kappa shape index (κ3) is 2.77. The summed E-state index contributed by atoms with van der Waals surface area (Å²) >= 11 is 0. The van der Waals surface area contributed by atoms with E-state index in [1.54, 1.807) is 0 Å². The minimum absolute atomic E-state index is 0.107. The highest BCUT2D eigenvalue weighted by Crippen LogP contribution is 2.44. The molecule has 134 valence electrons. The van der Waals surface area contributed by atoms with Crippen LogP contribution in [0.5, 0.6) is 0 Å². The van der Waals surface area contributed by atoms with Crippen LogP contribution in [0.15, 0.2) is 48.6 Å². The van der Waals surface area contributed by atoms with Gasteiger partial charge in [0.05, 0.1) is 0 Å². The van der Waals surface area contributed by atoms with Crippen molar-refractivity contribution < 1.29 is 9.59 Å². The Morgan fingerprint density at radius 1 is 0.654 bits per heavy atom. The van der Waals surface area contributed by atoms with Gasteiger partial charge in [-0.05, 0) is 73.6 Å². The Morgan fingerprint density at radius 2 is 1.08 bits per heavy atom. The summed E-state index contributed by atoms with van der Waals surface area (Å²) in [6.45, 7) is 0. The topological polar surface area (TPSA) is 58.2 Å². The maximum Gasteiger partial charge on any atom is 0.228 e. The van der Waals surface area contributed by atoms with Gasteiger partial charge in [-0.15, -0.1) is 0 Å². The molecule has 2 saturated carbocycles. The molecule has 4 aliphatic carbocycles. The predicted octanol–water partition coefficient (Wildman–Crippen LogP) is 3.99. The minimum atomic E-state index is 0.107. The standard InChI is InChI=1S/C22H24N2O2/c25-21(19-11-13-1-3-15(19)9-13)23-17-5-7-18(8-6-17)24-22(26)20-12-14-2-4-16(20)10-14/h1-8,13-16,19-20H,9-12H2,(H,23,25)(H,24,26). The zero-order chi connectivity index (χ0) is 17.7. The fraction of sp³-hybridized carbons (Fsp3) is 0.455. The smallest absolute Gasteiger partial charge is 0.228 e. The first-order valence-corrected chi connectivity index (χ1v) is 9.74. The second-order valence-corrected chi connectivity index (χ2v) is 8.33. The Morgan fingerprint density at radius 3 is 1.38 bits per heavy atom. The number of hydrogen-bond donors (Lipinski definition) is 2. The summed E-state index contributed by atoms with van der Waals surface area (Å²) in [5.41, 5.74) is 1.59. The highest BCUT2D eigenvalue weighted by molar-refractivity contribution is 5.95. The van der Waals surface area contributed by atoms with Gasteiger partial charge in [0.1, 0.15) is 0 Å². The van der Waals surface area contributed by atoms with E-state index >= 15 is 0 Å². The molecule has 0 radical (unpaired) electrons. The van der Waals surface area contributed by atoms with E-state index < -0.39 is 0 Å². The van der Waals surface area contributed by atoms with E-state index in [4.69, 9.17) is 0 Å². The van der Waals surface area contributed by atoms with Crippen LogP contribution in [0.1, 0.15) is 25.7 Å². The van der Waals surface area contributed by atoms with E-state index in [9.17, 15) is 9.59 Å². The molecule has 4 aliphatic rings. The number of carbonyl (C=O) groups excluding carboxylic acids is 2. The van der Waals surface area contributed by atoms with Crippen molar-refractivity contribution in [3.63, 3.8) is 0 Å². The molecular formula is C22H24N2O2. The summed E-state index contributed by atoms with van der Waals surface area (Å²) in [6, 6.07) is 7.49. The molecule has 4 bridgehead atoms. The summed E-state index contributed by atoms with van der Waals surface area (Å²) in [6.07, 6.45) is 13.1. The SMILES string of the molecule is O=C(Nc1ccc(NC(=O)C2CC3C=CC2C3)cc1)C1CC2C=CC1C2. The number of rotatable bonds is 4. The van der Waals surface area contributed by atoms with Crippen LogP contribution < -0.4 is 10.6 Å². The molecule has 0 spiro atoms. The van der Waals surface area contributed by atoms with Crippen molar-refractivity contribution in [1.29, 1.82) is 0 Å². The summed E-state index contributed by atoms with van der Waals surface area (Å²) in [5.74, 6) is 2.46. The van der Waals surface area contributed by atoms with Gasteiger partial charge in [-0.1, -0.05) is 24.3 Å². The lowest BCUT2D eigenvalue weighted by atomic mass is 9.92. The average molecular weight is 348 g/mol. The number of carbonyl (C=O) groups is 2. The number of nitrogens with one attached hydrogen (secondary N) is 2. The number of hydrogen-bond acceptors (Lipinski definition) is 2. The van der Waals surface area contributed by atoms with Crippen LogP contribution in [0.25, 0.3) is 0 Å². The first-order valence-electron chi connectivity index (χ1n) is 9.74. The molecule has 4 nitrogen and oxygen atoms in total. The first kappa shape index (κ1) is 15.9. The number of benzene rings is 1. The Kier molecular flexibility index (Phi) is 3.73. The molecule has 0 aliphatic heterocycles. The van der Waals surface area contributed by atoms with E-state index in [-0.39, 0.29) is 23.7 Å². The van der Waals surface area contributed by atoms with E-state index in [1.807, 2.05) is 24.3 Å². The monoisotopic (exact) mass is 348 g/mol. The highest BCUT2D eigenvalue weighted by Gasteiger charge is 2.40. The van der Waals surface area contributed by atoms with E-state index in [2.05, 4.69) is 34.9 Å². The number of amides is 2. The maximum absolute atomic E-state index is 12.5. The summed E-state index contributed by atoms with van der Waals surface area (Å²) in [5, 5.41) is 6.06. The normalized spacial score (nSPS) is 35.8. The number of anilines is 2. The molecule has 6 unspecified atom stereocenters. The lowest BCUT2D eigenvalue weighted by Gasteiger charge is -2.19. The molecule has 1 aromatic rings. The third-order valence-electron chi connectivity index (χ3n) is 6.65. The van der Waals surface area contributed by atoms with Gasteiger partial charge in [0.25, 0.3) is 0 Å². The Balaban J connectivity index is 1.18. The molecule has 0 aromatic heterocycles. The van der Waals surface area contributed by atoms with Gasteiger partial charge in [0, 0.05) is 23.2 Å². The van der Waals surface area contributed by atoms with Gasteiger partial charge in [-0.25, -0.2) is 0 Å². The maximum atomic E-state index is 12.5.